The molecule has 2 amide bonds. The molecule has 100 valence electrons. The summed E-state index contributed by atoms with van der Waals surface area (Å²) in [5, 5.41) is 21.4. The van der Waals surface area contributed by atoms with Gasteiger partial charge in [0.2, 0.25) is 5.13 Å². The number of aliphatic hydroxyl groups excluding tert-OH is 1. The molecule has 1 aliphatic heterocycles. The summed E-state index contributed by atoms with van der Waals surface area (Å²) in [7, 11) is 0. The van der Waals surface area contributed by atoms with Crippen LogP contribution in [0.25, 0.3) is 0 Å². The molecule has 18 heavy (non-hydrogen) atoms. The van der Waals surface area contributed by atoms with Gasteiger partial charge in [-0.05, 0) is 19.3 Å². The Hall–Kier alpha value is -1.21. The molecule has 0 saturated carbocycles. The van der Waals surface area contributed by atoms with Crippen LogP contribution in [-0.4, -0.2) is 45.4 Å². The molecule has 1 fully saturated rings. The minimum absolute atomic E-state index is 0.0185. The number of carbonyl (C=O) groups is 1. The molecule has 0 spiro atoms. The van der Waals surface area contributed by atoms with Crippen LogP contribution in [-0.2, 0) is 6.42 Å². The molecule has 0 unspecified atom stereocenters. The zero-order valence-electron chi connectivity index (χ0n) is 10.4. The Morgan fingerprint density at radius 2 is 2.44 bits per heavy atom. The zero-order chi connectivity index (χ0) is 13.0. The maximum atomic E-state index is 12.0. The number of carbonyl (C=O) groups excluding carboxylic acids is 1. The molecule has 1 aromatic rings. The number of nitrogens with zero attached hydrogens (tertiary/aromatic N) is 3. The van der Waals surface area contributed by atoms with Crippen LogP contribution in [0.15, 0.2) is 0 Å². The van der Waals surface area contributed by atoms with Gasteiger partial charge in [-0.1, -0.05) is 18.3 Å². The van der Waals surface area contributed by atoms with E-state index in [1.54, 1.807) is 4.90 Å². The minimum atomic E-state index is -0.189. The van der Waals surface area contributed by atoms with Crippen molar-refractivity contribution in [1.82, 2.24) is 15.1 Å². The number of hydrogen-bond acceptors (Lipinski definition) is 5. The predicted octanol–water partition coefficient (Wildman–Crippen LogP) is 1.48. The van der Waals surface area contributed by atoms with Gasteiger partial charge < -0.3 is 10.0 Å². The van der Waals surface area contributed by atoms with Crippen LogP contribution in [0.5, 0.6) is 0 Å². The van der Waals surface area contributed by atoms with Crippen LogP contribution in [0.4, 0.5) is 9.93 Å². The lowest BCUT2D eigenvalue weighted by Gasteiger charge is -2.22. The third kappa shape index (κ3) is 2.97. The van der Waals surface area contributed by atoms with Crippen molar-refractivity contribution >= 4 is 22.5 Å². The number of rotatable bonds is 4. The number of anilines is 1. The van der Waals surface area contributed by atoms with Crippen molar-refractivity contribution in [3.05, 3.63) is 5.01 Å². The number of urea groups is 1. The molecular formula is C11H18N4O2S. The predicted molar refractivity (Wildman–Crippen MR) is 69.7 cm³/mol. The largest absolute Gasteiger partial charge is 0.394 e. The molecule has 0 aliphatic carbocycles. The number of likely N-dealkylation sites (tertiary alicyclic amines) is 1. The van der Waals surface area contributed by atoms with E-state index < -0.39 is 0 Å². The first-order valence-corrected chi connectivity index (χ1v) is 7.07. The van der Waals surface area contributed by atoms with E-state index in [0.29, 0.717) is 11.7 Å². The van der Waals surface area contributed by atoms with Gasteiger partial charge in [-0.15, -0.1) is 10.2 Å². The Morgan fingerprint density at radius 1 is 1.61 bits per heavy atom. The summed E-state index contributed by atoms with van der Waals surface area (Å²) in [6.07, 6.45) is 3.70. The Bertz CT molecular complexity index is 410. The summed E-state index contributed by atoms with van der Waals surface area (Å²) in [5.74, 6) is 0. The average Bonchev–Trinajstić information content (AvgIpc) is 2.98. The van der Waals surface area contributed by atoms with Gasteiger partial charge in [0.25, 0.3) is 0 Å². The van der Waals surface area contributed by atoms with Crippen LogP contribution >= 0.6 is 11.3 Å². The number of nitrogens with one attached hydrogen (secondary N) is 1. The van der Waals surface area contributed by atoms with Crippen molar-refractivity contribution in [2.45, 2.75) is 38.6 Å². The third-order valence-electron chi connectivity index (χ3n) is 2.99. The van der Waals surface area contributed by atoms with Gasteiger partial charge in [-0.2, -0.15) is 0 Å². The number of amides is 2. The van der Waals surface area contributed by atoms with Gasteiger partial charge in [0.1, 0.15) is 5.01 Å². The Morgan fingerprint density at radius 3 is 3.17 bits per heavy atom. The minimum Gasteiger partial charge on any atom is -0.394 e. The molecule has 1 saturated heterocycles. The topological polar surface area (TPSA) is 78.4 Å². The van der Waals surface area contributed by atoms with E-state index in [1.165, 1.54) is 11.3 Å². The molecule has 2 rings (SSSR count). The van der Waals surface area contributed by atoms with Gasteiger partial charge >= 0.3 is 6.03 Å². The molecule has 6 nitrogen and oxygen atoms in total. The average molecular weight is 270 g/mol. The van der Waals surface area contributed by atoms with Crippen molar-refractivity contribution in [3.8, 4) is 0 Å². The zero-order valence-corrected chi connectivity index (χ0v) is 11.2. The second-order valence-corrected chi connectivity index (χ2v) is 5.42. The highest BCUT2D eigenvalue weighted by Crippen LogP contribution is 2.20. The summed E-state index contributed by atoms with van der Waals surface area (Å²) in [6.45, 7) is 2.79. The first-order chi connectivity index (χ1) is 8.74. The summed E-state index contributed by atoms with van der Waals surface area (Å²) in [5.41, 5.74) is 0. The lowest BCUT2D eigenvalue weighted by molar-refractivity contribution is 0.166. The second-order valence-electron chi connectivity index (χ2n) is 4.35. The number of aromatic nitrogens is 2. The van der Waals surface area contributed by atoms with Gasteiger partial charge in [0, 0.05) is 13.0 Å². The highest BCUT2D eigenvalue weighted by atomic mass is 32.1. The highest BCUT2D eigenvalue weighted by Gasteiger charge is 2.28. The van der Waals surface area contributed by atoms with E-state index in [4.69, 9.17) is 0 Å². The second kappa shape index (κ2) is 6.10. The van der Waals surface area contributed by atoms with Gasteiger partial charge in [-0.3, -0.25) is 5.32 Å². The van der Waals surface area contributed by atoms with Crippen LogP contribution in [0.1, 0.15) is 31.2 Å². The van der Waals surface area contributed by atoms with Crippen LogP contribution in [0, 0.1) is 0 Å². The van der Waals surface area contributed by atoms with Crippen molar-refractivity contribution in [1.29, 1.82) is 0 Å². The van der Waals surface area contributed by atoms with Crippen LogP contribution < -0.4 is 5.32 Å². The summed E-state index contributed by atoms with van der Waals surface area (Å²) in [6, 6.07) is -0.251. The molecule has 2 heterocycles. The monoisotopic (exact) mass is 270 g/mol. The lowest BCUT2D eigenvalue weighted by Crippen LogP contribution is -2.40. The van der Waals surface area contributed by atoms with E-state index in [9.17, 15) is 9.90 Å². The standard InChI is InChI=1S/C11H18N4O2S/c1-2-4-9-13-14-10(18-9)12-11(17)15-6-3-5-8(15)7-16/h8,16H,2-7H2,1H3,(H,12,14,17)/t8-/m1/s1. The molecule has 1 aliphatic rings. The Labute approximate surface area is 110 Å². The van der Waals surface area contributed by atoms with Gasteiger partial charge in [0.15, 0.2) is 0 Å². The van der Waals surface area contributed by atoms with Crippen molar-refractivity contribution < 1.29 is 9.90 Å². The Balaban J connectivity index is 1.93. The summed E-state index contributed by atoms with van der Waals surface area (Å²) >= 11 is 1.41. The molecular weight excluding hydrogens is 252 g/mol. The van der Waals surface area contributed by atoms with Crippen molar-refractivity contribution in [2.75, 3.05) is 18.5 Å². The van der Waals surface area contributed by atoms with Crippen LogP contribution in [0.3, 0.4) is 0 Å². The van der Waals surface area contributed by atoms with E-state index in [1.807, 2.05) is 0 Å². The SMILES string of the molecule is CCCc1nnc(NC(=O)N2CCC[C@@H]2CO)s1. The third-order valence-corrected chi connectivity index (χ3v) is 3.89. The van der Waals surface area contributed by atoms with E-state index in [-0.39, 0.29) is 18.7 Å². The van der Waals surface area contributed by atoms with E-state index in [0.717, 1.165) is 30.7 Å². The molecule has 0 bridgehead atoms. The maximum Gasteiger partial charge on any atom is 0.324 e. The molecule has 0 aromatic carbocycles. The van der Waals surface area contributed by atoms with Crippen molar-refractivity contribution in [3.63, 3.8) is 0 Å². The van der Waals surface area contributed by atoms with Crippen LogP contribution in [0.2, 0.25) is 0 Å². The fourth-order valence-corrected chi connectivity index (χ4v) is 2.91. The fraction of sp³-hybridized carbons (Fsp3) is 0.727. The maximum absolute atomic E-state index is 12.0. The molecule has 2 N–H and O–H groups in total. The van der Waals surface area contributed by atoms with E-state index >= 15 is 0 Å². The number of hydrogen-bond donors (Lipinski definition) is 2. The number of aryl methyl sites for hydroxylation is 1. The first kappa shape index (κ1) is 13.2. The van der Waals surface area contributed by atoms with Gasteiger partial charge in [0.05, 0.1) is 12.6 Å². The summed E-state index contributed by atoms with van der Waals surface area (Å²) in [4.78, 5) is 13.7. The molecule has 1 aromatic heterocycles. The molecule has 0 radical (unpaired) electrons. The summed E-state index contributed by atoms with van der Waals surface area (Å²) < 4.78 is 0. The molecule has 1 atom stereocenters. The smallest absolute Gasteiger partial charge is 0.324 e. The van der Waals surface area contributed by atoms with Gasteiger partial charge in [-0.25, -0.2) is 4.79 Å². The first-order valence-electron chi connectivity index (χ1n) is 6.25. The lowest BCUT2D eigenvalue weighted by atomic mass is 10.2. The highest BCUT2D eigenvalue weighted by molar-refractivity contribution is 7.15. The Kier molecular flexibility index (Phi) is 4.48. The number of aliphatic hydroxyl groups is 1. The van der Waals surface area contributed by atoms with E-state index in [2.05, 4.69) is 22.4 Å². The fourth-order valence-electron chi connectivity index (χ4n) is 2.08. The quantitative estimate of drug-likeness (QED) is 0.868. The normalized spacial score (nSPS) is 19.2. The van der Waals surface area contributed by atoms with Crippen molar-refractivity contribution in [2.24, 2.45) is 0 Å². The molecule has 7 heteroatoms.